The van der Waals surface area contributed by atoms with Gasteiger partial charge in [-0.3, -0.25) is 4.79 Å². The van der Waals surface area contributed by atoms with E-state index in [1.54, 1.807) is 6.08 Å². The first-order valence-corrected chi connectivity index (χ1v) is 12.0. The molecule has 0 aromatic heterocycles. The van der Waals surface area contributed by atoms with Crippen molar-refractivity contribution in [3.63, 3.8) is 0 Å². The number of rotatable bonds is 2. The lowest BCUT2D eigenvalue weighted by atomic mass is 9.42. The Hall–Kier alpha value is -1.40. The molecule has 0 unspecified atom stereocenters. The van der Waals surface area contributed by atoms with Gasteiger partial charge in [0.05, 0.1) is 11.2 Å². The maximum Gasteiger partial charge on any atom is 0.331 e. The summed E-state index contributed by atoms with van der Waals surface area (Å²) in [7, 11) is 0. The standard InChI is InChI=1S/C25H36O6/c1-15(26)31-17-4-8-22(2)19-5-9-23(3)18(16-12-21(27)30-14-16)7-11-25(23,29)20(19)6-10-24(22,28)13-17/h12,17-20,28-29H,4-11,13-14H2,1-3H3/t17-,18+,19-,20+,22+,23+,24+,25+/m0/s1. The number of carbonyl (C=O) groups excluding carboxylic acids is 2. The van der Waals surface area contributed by atoms with E-state index in [1.165, 1.54) is 6.92 Å². The SMILES string of the molecule is CC(=O)O[C@H]1CC[C@]2(C)[C@H]3CC[C@]4(C)[C@@H](C5=CC(=O)OC5)CC[C@@]4(O)[C@@H]3CC[C@@]2(O)C1. The molecule has 5 rings (SSSR count). The van der Waals surface area contributed by atoms with Crippen LogP contribution in [0.2, 0.25) is 0 Å². The lowest BCUT2D eigenvalue weighted by molar-refractivity contribution is -0.256. The summed E-state index contributed by atoms with van der Waals surface area (Å²) >= 11 is 0. The highest BCUT2D eigenvalue weighted by Gasteiger charge is 2.70. The van der Waals surface area contributed by atoms with Crippen molar-refractivity contribution in [1.29, 1.82) is 0 Å². The molecule has 8 atom stereocenters. The zero-order chi connectivity index (χ0) is 22.2. The fraction of sp³-hybridized carbons (Fsp3) is 0.840. The first kappa shape index (κ1) is 21.4. The molecule has 4 fully saturated rings. The molecule has 0 saturated heterocycles. The van der Waals surface area contributed by atoms with E-state index in [9.17, 15) is 19.8 Å². The normalized spacial score (nSPS) is 51.3. The van der Waals surface area contributed by atoms with E-state index in [4.69, 9.17) is 9.47 Å². The summed E-state index contributed by atoms with van der Waals surface area (Å²) in [5.41, 5.74) is -1.16. The molecule has 5 aliphatic rings. The monoisotopic (exact) mass is 432 g/mol. The van der Waals surface area contributed by atoms with E-state index in [0.29, 0.717) is 19.4 Å². The lowest BCUT2D eigenvalue weighted by Crippen LogP contribution is -2.67. The first-order chi connectivity index (χ1) is 14.5. The summed E-state index contributed by atoms with van der Waals surface area (Å²) in [5.74, 6) is 0.0252. The Balaban J connectivity index is 1.43. The fourth-order valence-corrected chi connectivity index (χ4v) is 8.70. The van der Waals surface area contributed by atoms with Crippen LogP contribution in [0.25, 0.3) is 0 Å². The molecular weight excluding hydrogens is 396 g/mol. The smallest absolute Gasteiger partial charge is 0.331 e. The third-order valence-electron chi connectivity index (χ3n) is 10.4. The number of fused-ring (bicyclic) bond motifs is 5. The molecule has 4 aliphatic carbocycles. The summed E-state index contributed by atoms with van der Waals surface area (Å²) in [6.45, 7) is 6.21. The molecular formula is C25H36O6. The van der Waals surface area contributed by atoms with Crippen LogP contribution in [-0.4, -0.2) is 46.1 Å². The maximum absolute atomic E-state index is 12.2. The van der Waals surface area contributed by atoms with Gasteiger partial charge in [0.15, 0.2) is 0 Å². The van der Waals surface area contributed by atoms with Crippen LogP contribution in [0.3, 0.4) is 0 Å². The van der Waals surface area contributed by atoms with Crippen molar-refractivity contribution in [2.45, 2.75) is 95.9 Å². The van der Waals surface area contributed by atoms with Crippen molar-refractivity contribution in [2.75, 3.05) is 6.61 Å². The van der Waals surface area contributed by atoms with Gasteiger partial charge in [0.2, 0.25) is 0 Å². The first-order valence-electron chi connectivity index (χ1n) is 12.0. The van der Waals surface area contributed by atoms with Crippen molar-refractivity contribution in [2.24, 2.45) is 28.6 Å². The van der Waals surface area contributed by atoms with Crippen LogP contribution < -0.4 is 0 Å². The van der Waals surface area contributed by atoms with Crippen LogP contribution in [0.1, 0.15) is 78.6 Å². The Kier molecular flexibility index (Phi) is 4.70. The molecule has 0 aromatic rings. The van der Waals surface area contributed by atoms with E-state index < -0.39 is 11.2 Å². The predicted octanol–water partition coefficient (Wildman–Crippen LogP) is 3.29. The number of aliphatic hydroxyl groups is 2. The van der Waals surface area contributed by atoms with Gasteiger partial charge in [-0.25, -0.2) is 4.79 Å². The third kappa shape index (κ3) is 2.83. The zero-order valence-corrected chi connectivity index (χ0v) is 19.0. The van der Waals surface area contributed by atoms with Crippen LogP contribution in [0.5, 0.6) is 0 Å². The van der Waals surface area contributed by atoms with Crippen LogP contribution in [0, 0.1) is 28.6 Å². The van der Waals surface area contributed by atoms with Crippen LogP contribution >= 0.6 is 0 Å². The number of esters is 2. The zero-order valence-electron chi connectivity index (χ0n) is 19.0. The molecule has 4 saturated carbocycles. The minimum absolute atomic E-state index is 0.144. The van der Waals surface area contributed by atoms with Crippen molar-refractivity contribution in [3.05, 3.63) is 11.6 Å². The number of carbonyl (C=O) groups is 2. The predicted molar refractivity (Wildman–Crippen MR) is 113 cm³/mol. The van der Waals surface area contributed by atoms with Crippen LogP contribution in [0.15, 0.2) is 11.6 Å². The second kappa shape index (κ2) is 6.80. The summed E-state index contributed by atoms with van der Waals surface area (Å²) in [4.78, 5) is 23.2. The molecule has 2 N–H and O–H groups in total. The topological polar surface area (TPSA) is 93.1 Å². The summed E-state index contributed by atoms with van der Waals surface area (Å²) in [6, 6.07) is 0. The summed E-state index contributed by atoms with van der Waals surface area (Å²) in [6.07, 6.45) is 8.41. The van der Waals surface area contributed by atoms with E-state index in [0.717, 1.165) is 50.5 Å². The molecule has 1 aliphatic heterocycles. The third-order valence-corrected chi connectivity index (χ3v) is 10.4. The van der Waals surface area contributed by atoms with Crippen LogP contribution in [0.4, 0.5) is 0 Å². The molecule has 0 aromatic carbocycles. The van der Waals surface area contributed by atoms with Gasteiger partial charge >= 0.3 is 11.9 Å². The highest BCUT2D eigenvalue weighted by atomic mass is 16.5. The Morgan fingerprint density at radius 1 is 1.03 bits per heavy atom. The Labute approximate surface area is 184 Å². The highest BCUT2D eigenvalue weighted by Crippen LogP contribution is 2.70. The van der Waals surface area contributed by atoms with Gasteiger partial charge in [-0.2, -0.15) is 0 Å². The Bertz CT molecular complexity index is 836. The van der Waals surface area contributed by atoms with Crippen LogP contribution in [-0.2, 0) is 19.1 Å². The molecule has 1 heterocycles. The quantitative estimate of drug-likeness (QED) is 0.651. The van der Waals surface area contributed by atoms with Gasteiger partial charge in [-0.05, 0) is 80.1 Å². The average molecular weight is 433 g/mol. The summed E-state index contributed by atoms with van der Waals surface area (Å²) in [5, 5.41) is 24.0. The molecule has 172 valence electrons. The number of cyclic esters (lactones) is 1. The van der Waals surface area contributed by atoms with Gasteiger partial charge in [0, 0.05) is 24.8 Å². The van der Waals surface area contributed by atoms with Gasteiger partial charge < -0.3 is 19.7 Å². The van der Waals surface area contributed by atoms with E-state index in [1.807, 2.05) is 0 Å². The van der Waals surface area contributed by atoms with Crippen molar-refractivity contribution < 1.29 is 29.3 Å². The molecule has 0 amide bonds. The lowest BCUT2D eigenvalue weighted by Gasteiger charge is -2.66. The fourth-order valence-electron chi connectivity index (χ4n) is 8.70. The molecule has 0 radical (unpaired) electrons. The molecule has 31 heavy (non-hydrogen) atoms. The minimum atomic E-state index is -0.858. The number of ether oxygens (including phenoxy) is 2. The number of hydrogen-bond donors (Lipinski definition) is 2. The van der Waals surface area contributed by atoms with Crippen molar-refractivity contribution >= 4 is 11.9 Å². The number of hydrogen-bond acceptors (Lipinski definition) is 6. The molecule has 6 heteroatoms. The Morgan fingerprint density at radius 3 is 2.42 bits per heavy atom. The van der Waals surface area contributed by atoms with Crippen molar-refractivity contribution in [1.82, 2.24) is 0 Å². The second-order valence-electron chi connectivity index (χ2n) is 11.5. The van der Waals surface area contributed by atoms with E-state index in [-0.39, 0.29) is 46.6 Å². The van der Waals surface area contributed by atoms with Gasteiger partial charge in [0.1, 0.15) is 12.7 Å². The summed E-state index contributed by atoms with van der Waals surface area (Å²) < 4.78 is 10.7. The minimum Gasteiger partial charge on any atom is -0.462 e. The second-order valence-corrected chi connectivity index (χ2v) is 11.5. The highest BCUT2D eigenvalue weighted by molar-refractivity contribution is 5.85. The van der Waals surface area contributed by atoms with Gasteiger partial charge in [-0.15, -0.1) is 0 Å². The van der Waals surface area contributed by atoms with E-state index in [2.05, 4.69) is 13.8 Å². The maximum atomic E-state index is 12.2. The average Bonchev–Trinajstić information content (AvgIpc) is 3.22. The van der Waals surface area contributed by atoms with Gasteiger partial charge in [0.25, 0.3) is 0 Å². The molecule has 6 nitrogen and oxygen atoms in total. The molecule has 0 bridgehead atoms. The van der Waals surface area contributed by atoms with Crippen molar-refractivity contribution in [3.8, 4) is 0 Å². The van der Waals surface area contributed by atoms with Gasteiger partial charge in [-0.1, -0.05) is 13.8 Å². The Morgan fingerprint density at radius 2 is 1.74 bits per heavy atom. The largest absolute Gasteiger partial charge is 0.462 e. The van der Waals surface area contributed by atoms with E-state index >= 15 is 0 Å². The molecule has 0 spiro atoms.